The van der Waals surface area contributed by atoms with Crippen LogP contribution in [0.15, 0.2) is 35.4 Å². The number of alkyl halides is 3. The van der Waals surface area contributed by atoms with E-state index in [-0.39, 0.29) is 51.6 Å². The zero-order chi connectivity index (χ0) is 22.9. The highest BCUT2D eigenvalue weighted by molar-refractivity contribution is 7.90. The number of hydrogen-bond acceptors (Lipinski definition) is 5. The molecular weight excluding hydrogens is 421 g/mol. The van der Waals surface area contributed by atoms with Crippen LogP contribution in [0.25, 0.3) is 11.1 Å². The number of nitrogens with zero attached hydrogens (tertiary/aromatic N) is 1. The Morgan fingerprint density at radius 2 is 1.80 bits per heavy atom. The first-order valence-electron chi connectivity index (χ1n) is 8.94. The summed E-state index contributed by atoms with van der Waals surface area (Å²) >= 11 is 0. The van der Waals surface area contributed by atoms with Crippen molar-refractivity contribution in [3.05, 3.63) is 41.7 Å². The molecule has 2 aromatic rings. The van der Waals surface area contributed by atoms with E-state index in [1.54, 1.807) is 0 Å². The summed E-state index contributed by atoms with van der Waals surface area (Å²) in [4.78, 5) is 15.3. The van der Waals surface area contributed by atoms with Gasteiger partial charge in [-0.15, -0.1) is 0 Å². The molecule has 1 aromatic carbocycles. The van der Waals surface area contributed by atoms with Crippen LogP contribution in [0.3, 0.4) is 0 Å². The van der Waals surface area contributed by atoms with Crippen molar-refractivity contribution in [2.75, 3.05) is 6.26 Å². The van der Waals surface area contributed by atoms with Gasteiger partial charge in [0.1, 0.15) is 11.4 Å². The number of aromatic hydroxyl groups is 1. The largest absolute Gasteiger partial charge is 0.507 e. The first kappa shape index (κ1) is 23.7. The minimum Gasteiger partial charge on any atom is -0.507 e. The molecule has 10 heteroatoms. The lowest BCUT2D eigenvalue weighted by Gasteiger charge is -2.18. The Hall–Kier alpha value is -2.62. The molecule has 0 aliphatic heterocycles. The molecule has 0 spiro atoms. The Morgan fingerprint density at radius 3 is 2.27 bits per heavy atom. The molecular formula is C20H23F3N2O4S. The van der Waals surface area contributed by atoms with Crippen molar-refractivity contribution in [1.29, 1.82) is 0 Å². The SMILES string of the molecule is CC(C)(C)CC(=O)NCc1cc(S(C)(=O)=O)cc(-c2ccc(C(F)(F)F)nc2)c1O. The molecule has 164 valence electrons. The molecule has 0 aliphatic rings. The van der Waals surface area contributed by atoms with Crippen molar-refractivity contribution in [3.63, 3.8) is 0 Å². The van der Waals surface area contributed by atoms with Crippen LogP contribution in [0, 0.1) is 5.41 Å². The van der Waals surface area contributed by atoms with Gasteiger partial charge < -0.3 is 10.4 Å². The highest BCUT2D eigenvalue weighted by atomic mass is 32.2. The molecule has 0 unspecified atom stereocenters. The Balaban J connectivity index is 2.46. The number of carbonyl (C=O) groups excluding carboxylic acids is 1. The van der Waals surface area contributed by atoms with Gasteiger partial charge in [0.2, 0.25) is 5.91 Å². The average molecular weight is 444 g/mol. The van der Waals surface area contributed by atoms with Crippen LogP contribution < -0.4 is 5.32 Å². The number of aromatic nitrogens is 1. The topological polar surface area (TPSA) is 96.4 Å². The highest BCUT2D eigenvalue weighted by Crippen LogP contribution is 2.36. The third kappa shape index (κ3) is 6.19. The zero-order valence-electron chi connectivity index (χ0n) is 17.0. The summed E-state index contributed by atoms with van der Waals surface area (Å²) in [5, 5.41) is 13.2. The number of halogens is 3. The van der Waals surface area contributed by atoms with E-state index in [2.05, 4.69) is 10.3 Å². The van der Waals surface area contributed by atoms with Gasteiger partial charge >= 0.3 is 6.18 Å². The third-order valence-corrected chi connectivity index (χ3v) is 5.21. The first-order chi connectivity index (χ1) is 13.6. The van der Waals surface area contributed by atoms with E-state index in [4.69, 9.17) is 0 Å². The number of carbonyl (C=O) groups is 1. The van der Waals surface area contributed by atoms with E-state index in [0.29, 0.717) is 0 Å². The maximum Gasteiger partial charge on any atom is 0.433 e. The fourth-order valence-corrected chi connectivity index (χ4v) is 3.38. The number of rotatable bonds is 5. The molecule has 1 heterocycles. The summed E-state index contributed by atoms with van der Waals surface area (Å²) in [6.07, 6.45) is -2.53. The van der Waals surface area contributed by atoms with Gasteiger partial charge in [0.15, 0.2) is 9.84 Å². The van der Waals surface area contributed by atoms with E-state index in [0.717, 1.165) is 30.7 Å². The molecule has 6 nitrogen and oxygen atoms in total. The van der Waals surface area contributed by atoms with E-state index in [1.807, 2.05) is 20.8 Å². The van der Waals surface area contributed by atoms with E-state index < -0.39 is 21.7 Å². The lowest BCUT2D eigenvalue weighted by atomic mass is 9.92. The summed E-state index contributed by atoms with van der Waals surface area (Å²) in [6.45, 7) is 5.49. The van der Waals surface area contributed by atoms with Gasteiger partial charge in [0.25, 0.3) is 0 Å². The molecule has 0 atom stereocenters. The van der Waals surface area contributed by atoms with Crippen LogP contribution in [0.4, 0.5) is 13.2 Å². The molecule has 0 saturated heterocycles. The van der Waals surface area contributed by atoms with E-state index >= 15 is 0 Å². The molecule has 2 rings (SSSR count). The maximum atomic E-state index is 12.7. The lowest BCUT2D eigenvalue weighted by molar-refractivity contribution is -0.141. The molecule has 1 aromatic heterocycles. The monoisotopic (exact) mass is 444 g/mol. The van der Waals surface area contributed by atoms with Gasteiger partial charge in [-0.2, -0.15) is 13.2 Å². The van der Waals surface area contributed by atoms with Crippen LogP contribution >= 0.6 is 0 Å². The Morgan fingerprint density at radius 1 is 1.17 bits per heavy atom. The van der Waals surface area contributed by atoms with E-state index in [1.165, 1.54) is 6.07 Å². The molecule has 2 N–H and O–H groups in total. The predicted octanol–water partition coefficient (Wildman–Crippen LogP) is 3.93. The van der Waals surface area contributed by atoms with Crippen LogP contribution in [-0.2, 0) is 27.4 Å². The van der Waals surface area contributed by atoms with Crippen molar-refractivity contribution < 1.29 is 31.5 Å². The minimum atomic E-state index is -4.63. The van der Waals surface area contributed by atoms with E-state index in [9.17, 15) is 31.5 Å². The zero-order valence-corrected chi connectivity index (χ0v) is 17.8. The van der Waals surface area contributed by atoms with Crippen molar-refractivity contribution in [2.24, 2.45) is 5.41 Å². The molecule has 0 radical (unpaired) electrons. The number of pyridine rings is 1. The van der Waals surface area contributed by atoms with Gasteiger partial charge in [-0.1, -0.05) is 26.8 Å². The molecule has 30 heavy (non-hydrogen) atoms. The molecule has 0 aliphatic carbocycles. The van der Waals surface area contributed by atoms with Crippen molar-refractivity contribution in [3.8, 4) is 16.9 Å². The van der Waals surface area contributed by atoms with Gasteiger partial charge in [-0.05, 0) is 23.6 Å². The number of amides is 1. The van der Waals surface area contributed by atoms with Crippen molar-refractivity contribution >= 4 is 15.7 Å². The van der Waals surface area contributed by atoms with Crippen LogP contribution in [0.2, 0.25) is 0 Å². The Kier molecular flexibility index (Phi) is 6.51. The van der Waals surface area contributed by atoms with Gasteiger partial charge in [0, 0.05) is 42.1 Å². The minimum absolute atomic E-state index is 0.000722. The van der Waals surface area contributed by atoms with Crippen LogP contribution in [0.5, 0.6) is 5.75 Å². The molecule has 0 bridgehead atoms. The quantitative estimate of drug-likeness (QED) is 0.729. The van der Waals surface area contributed by atoms with Crippen molar-refractivity contribution in [2.45, 2.75) is 44.8 Å². The van der Waals surface area contributed by atoms with Gasteiger partial charge in [0.05, 0.1) is 4.90 Å². The van der Waals surface area contributed by atoms with Gasteiger partial charge in [-0.25, -0.2) is 8.42 Å². The summed E-state index contributed by atoms with van der Waals surface area (Å²) in [7, 11) is -3.70. The van der Waals surface area contributed by atoms with Gasteiger partial charge in [-0.3, -0.25) is 9.78 Å². The second kappa shape index (κ2) is 8.25. The molecule has 1 amide bonds. The standard InChI is InChI=1S/C20H23F3N2O4S/c1-19(2,3)9-17(26)25-11-13-7-14(30(4,28)29)8-15(18(13)27)12-5-6-16(24-10-12)20(21,22)23/h5-8,10,27H,9,11H2,1-4H3,(H,25,26). The number of benzene rings is 1. The Bertz CT molecular complexity index is 1040. The number of hydrogen-bond donors (Lipinski definition) is 2. The summed E-state index contributed by atoms with van der Waals surface area (Å²) in [5.74, 6) is -0.635. The molecule has 0 fully saturated rings. The number of nitrogens with one attached hydrogen (secondary N) is 1. The fourth-order valence-electron chi connectivity index (χ4n) is 2.69. The maximum absolute atomic E-state index is 12.7. The number of sulfone groups is 1. The number of phenolic OH excluding ortho intramolecular Hbond substituents is 1. The average Bonchev–Trinajstić information content (AvgIpc) is 2.57. The molecule has 0 saturated carbocycles. The smallest absolute Gasteiger partial charge is 0.433 e. The predicted molar refractivity (Wildman–Crippen MR) is 105 cm³/mol. The normalized spacial score (nSPS) is 12.6. The summed E-state index contributed by atoms with van der Waals surface area (Å²) in [5.41, 5.74) is -1.15. The summed E-state index contributed by atoms with van der Waals surface area (Å²) in [6, 6.07) is 4.23. The summed E-state index contributed by atoms with van der Waals surface area (Å²) < 4.78 is 62.4. The Labute approximate surface area is 173 Å². The third-order valence-electron chi connectivity index (χ3n) is 4.12. The fraction of sp³-hybridized carbons (Fsp3) is 0.400. The highest BCUT2D eigenvalue weighted by Gasteiger charge is 2.32. The second-order valence-electron chi connectivity index (χ2n) is 8.19. The van der Waals surface area contributed by atoms with Crippen molar-refractivity contribution in [1.82, 2.24) is 10.3 Å². The second-order valence-corrected chi connectivity index (χ2v) is 10.2. The van der Waals surface area contributed by atoms with Crippen LogP contribution in [0.1, 0.15) is 38.4 Å². The first-order valence-corrected chi connectivity index (χ1v) is 10.8. The van der Waals surface area contributed by atoms with Crippen LogP contribution in [-0.4, -0.2) is 30.7 Å². The lowest BCUT2D eigenvalue weighted by Crippen LogP contribution is -2.27. The number of phenols is 1.